The van der Waals surface area contributed by atoms with Crippen LogP contribution in [0.25, 0.3) is 0 Å². The highest BCUT2D eigenvalue weighted by atomic mass is 16.5. The van der Waals surface area contributed by atoms with E-state index < -0.39 is 6.10 Å². The lowest BCUT2D eigenvalue weighted by molar-refractivity contribution is 0.0401. The molecule has 0 radical (unpaired) electrons. The van der Waals surface area contributed by atoms with Crippen LogP contribution >= 0.6 is 0 Å². The summed E-state index contributed by atoms with van der Waals surface area (Å²) in [5.74, 6) is 0.809. The molecule has 0 amide bonds. The Morgan fingerprint density at radius 2 is 1.96 bits per heavy atom. The monoisotopic (exact) mass is 311 g/mol. The standard InChI is InChI=1S/C20H25NO2/c1-21-13-6-5-12-19(21)20(22)17-10-7-11-18(14-17)23-15-16-8-3-2-4-9-16/h2-4,7-11,14,19-20,22H,5-6,12-13,15H2,1H3/t19-,20?/m0/s1. The molecule has 122 valence electrons. The molecule has 2 aromatic rings. The van der Waals surface area contributed by atoms with E-state index in [-0.39, 0.29) is 6.04 Å². The molecule has 3 rings (SSSR count). The first-order valence-corrected chi connectivity index (χ1v) is 8.39. The molecule has 0 spiro atoms. The van der Waals surface area contributed by atoms with Crippen molar-refractivity contribution in [2.75, 3.05) is 13.6 Å². The highest BCUT2D eigenvalue weighted by molar-refractivity contribution is 5.31. The first-order chi connectivity index (χ1) is 11.2. The molecule has 0 bridgehead atoms. The quantitative estimate of drug-likeness (QED) is 0.912. The van der Waals surface area contributed by atoms with Crippen molar-refractivity contribution in [2.45, 2.75) is 38.0 Å². The molecule has 0 aromatic heterocycles. The van der Waals surface area contributed by atoms with Gasteiger partial charge in [0.05, 0.1) is 6.10 Å². The second kappa shape index (κ2) is 7.62. The van der Waals surface area contributed by atoms with Crippen molar-refractivity contribution < 1.29 is 9.84 Å². The van der Waals surface area contributed by atoms with E-state index >= 15 is 0 Å². The molecule has 2 aromatic carbocycles. The SMILES string of the molecule is CN1CCCC[C@H]1C(O)c1cccc(OCc2ccccc2)c1. The zero-order valence-corrected chi connectivity index (χ0v) is 13.7. The molecular formula is C20H25NO2. The lowest BCUT2D eigenvalue weighted by Gasteiger charge is -2.35. The van der Waals surface area contributed by atoms with Gasteiger partial charge in [-0.05, 0) is 49.7 Å². The van der Waals surface area contributed by atoms with Crippen LogP contribution in [0.5, 0.6) is 5.75 Å². The van der Waals surface area contributed by atoms with Crippen LogP contribution in [0, 0.1) is 0 Å². The predicted molar refractivity (Wildman–Crippen MR) is 92.4 cm³/mol. The Kier molecular flexibility index (Phi) is 5.31. The van der Waals surface area contributed by atoms with Crippen LogP contribution in [0.3, 0.4) is 0 Å². The largest absolute Gasteiger partial charge is 0.489 e. The van der Waals surface area contributed by atoms with Crippen LogP contribution in [0.15, 0.2) is 54.6 Å². The Bertz CT molecular complexity index is 614. The Morgan fingerprint density at radius 3 is 2.74 bits per heavy atom. The number of benzene rings is 2. The van der Waals surface area contributed by atoms with Gasteiger partial charge in [0.1, 0.15) is 12.4 Å². The van der Waals surface area contributed by atoms with Crippen LogP contribution < -0.4 is 4.74 Å². The zero-order valence-electron chi connectivity index (χ0n) is 13.7. The van der Waals surface area contributed by atoms with Gasteiger partial charge in [-0.25, -0.2) is 0 Å². The van der Waals surface area contributed by atoms with Crippen molar-refractivity contribution in [3.8, 4) is 5.75 Å². The molecule has 23 heavy (non-hydrogen) atoms. The van der Waals surface area contributed by atoms with Crippen LogP contribution in [0.4, 0.5) is 0 Å². The highest BCUT2D eigenvalue weighted by Gasteiger charge is 2.27. The van der Waals surface area contributed by atoms with Crippen molar-refractivity contribution >= 4 is 0 Å². The lowest BCUT2D eigenvalue weighted by Crippen LogP contribution is -2.40. The fraction of sp³-hybridized carbons (Fsp3) is 0.400. The Labute approximate surface area is 138 Å². The molecule has 0 saturated carbocycles. The second-order valence-electron chi connectivity index (χ2n) is 6.34. The third-order valence-corrected chi connectivity index (χ3v) is 4.64. The van der Waals surface area contributed by atoms with Gasteiger partial charge in [-0.3, -0.25) is 0 Å². The van der Waals surface area contributed by atoms with Crippen LogP contribution in [-0.2, 0) is 6.61 Å². The van der Waals surface area contributed by atoms with Gasteiger partial charge in [-0.1, -0.05) is 48.9 Å². The summed E-state index contributed by atoms with van der Waals surface area (Å²) in [6.07, 6.45) is 3.00. The molecule has 3 nitrogen and oxygen atoms in total. The number of aliphatic hydroxyl groups is 1. The van der Waals surface area contributed by atoms with E-state index in [2.05, 4.69) is 24.1 Å². The zero-order chi connectivity index (χ0) is 16.1. The van der Waals surface area contributed by atoms with Gasteiger partial charge in [-0.15, -0.1) is 0 Å². The van der Waals surface area contributed by atoms with Gasteiger partial charge in [-0.2, -0.15) is 0 Å². The molecule has 1 heterocycles. The van der Waals surface area contributed by atoms with E-state index in [9.17, 15) is 5.11 Å². The number of piperidine rings is 1. The number of likely N-dealkylation sites (tertiary alicyclic amines) is 1. The Balaban J connectivity index is 1.66. The number of likely N-dealkylation sites (N-methyl/N-ethyl adjacent to an activating group) is 1. The minimum Gasteiger partial charge on any atom is -0.489 e. The summed E-state index contributed by atoms with van der Waals surface area (Å²) in [5, 5.41) is 10.7. The third kappa shape index (κ3) is 4.12. The predicted octanol–water partition coefficient (Wildman–Crippen LogP) is 3.78. The molecule has 2 atom stereocenters. The molecule has 1 unspecified atom stereocenters. The van der Waals surface area contributed by atoms with E-state index in [0.717, 1.165) is 29.8 Å². The molecule has 1 aliphatic heterocycles. The molecular weight excluding hydrogens is 286 g/mol. The molecule has 1 aliphatic rings. The number of nitrogens with zero attached hydrogens (tertiary/aromatic N) is 1. The average molecular weight is 311 g/mol. The van der Waals surface area contributed by atoms with Crippen molar-refractivity contribution in [3.63, 3.8) is 0 Å². The molecule has 1 fully saturated rings. The number of ether oxygens (including phenoxy) is 1. The first-order valence-electron chi connectivity index (χ1n) is 8.39. The van der Waals surface area contributed by atoms with Gasteiger partial charge >= 0.3 is 0 Å². The van der Waals surface area contributed by atoms with E-state index in [0.29, 0.717) is 6.61 Å². The second-order valence-corrected chi connectivity index (χ2v) is 6.34. The molecule has 3 heteroatoms. The van der Waals surface area contributed by atoms with E-state index in [4.69, 9.17) is 4.74 Å². The summed E-state index contributed by atoms with van der Waals surface area (Å²) in [6, 6.07) is 18.2. The smallest absolute Gasteiger partial charge is 0.120 e. The number of aliphatic hydroxyl groups excluding tert-OH is 1. The summed E-state index contributed by atoms with van der Waals surface area (Å²) in [7, 11) is 2.10. The lowest BCUT2D eigenvalue weighted by atomic mass is 9.93. The molecule has 0 aliphatic carbocycles. The minimum absolute atomic E-state index is 0.202. The number of hydrogen-bond donors (Lipinski definition) is 1. The normalized spacial score (nSPS) is 20.2. The van der Waals surface area contributed by atoms with Crippen LogP contribution in [0.2, 0.25) is 0 Å². The summed E-state index contributed by atoms with van der Waals surface area (Å²) in [4.78, 5) is 2.27. The fourth-order valence-electron chi connectivity index (χ4n) is 3.25. The third-order valence-electron chi connectivity index (χ3n) is 4.64. The number of rotatable bonds is 5. The highest BCUT2D eigenvalue weighted by Crippen LogP contribution is 2.29. The maximum absolute atomic E-state index is 10.7. The summed E-state index contributed by atoms with van der Waals surface area (Å²) >= 11 is 0. The van der Waals surface area contributed by atoms with Gasteiger partial charge in [0.2, 0.25) is 0 Å². The van der Waals surface area contributed by atoms with Gasteiger partial charge < -0.3 is 14.7 Å². The van der Waals surface area contributed by atoms with Crippen molar-refractivity contribution in [1.82, 2.24) is 4.90 Å². The summed E-state index contributed by atoms with van der Waals surface area (Å²) in [6.45, 7) is 1.61. The van der Waals surface area contributed by atoms with Gasteiger partial charge in [0.25, 0.3) is 0 Å². The van der Waals surface area contributed by atoms with E-state index in [1.807, 2.05) is 42.5 Å². The average Bonchev–Trinajstić information content (AvgIpc) is 2.61. The summed E-state index contributed by atoms with van der Waals surface area (Å²) in [5.41, 5.74) is 2.08. The minimum atomic E-state index is -0.458. The van der Waals surface area contributed by atoms with Crippen molar-refractivity contribution in [2.24, 2.45) is 0 Å². The van der Waals surface area contributed by atoms with Gasteiger partial charge in [0, 0.05) is 6.04 Å². The van der Waals surface area contributed by atoms with Crippen molar-refractivity contribution in [3.05, 3.63) is 65.7 Å². The first kappa shape index (κ1) is 16.0. The van der Waals surface area contributed by atoms with Crippen molar-refractivity contribution in [1.29, 1.82) is 0 Å². The van der Waals surface area contributed by atoms with E-state index in [1.165, 1.54) is 12.8 Å². The maximum atomic E-state index is 10.7. The van der Waals surface area contributed by atoms with Crippen LogP contribution in [0.1, 0.15) is 36.5 Å². The van der Waals surface area contributed by atoms with E-state index in [1.54, 1.807) is 0 Å². The van der Waals surface area contributed by atoms with Gasteiger partial charge in [0.15, 0.2) is 0 Å². The maximum Gasteiger partial charge on any atom is 0.120 e. The molecule has 1 N–H and O–H groups in total. The van der Waals surface area contributed by atoms with Crippen LogP contribution in [-0.4, -0.2) is 29.6 Å². The number of hydrogen-bond acceptors (Lipinski definition) is 3. The Hall–Kier alpha value is -1.84. The molecule has 1 saturated heterocycles. The Morgan fingerprint density at radius 1 is 1.13 bits per heavy atom. The fourth-order valence-corrected chi connectivity index (χ4v) is 3.25. The summed E-state index contributed by atoms with van der Waals surface area (Å²) < 4.78 is 5.87. The topological polar surface area (TPSA) is 32.7 Å².